The summed E-state index contributed by atoms with van der Waals surface area (Å²) in [6, 6.07) is 14.3. The molecule has 210 valence electrons. The molecule has 10 nitrogen and oxygen atoms in total. The number of phosphoric ester groups is 1. The van der Waals surface area contributed by atoms with Crippen molar-refractivity contribution in [2.45, 2.75) is 37.8 Å². The summed E-state index contributed by atoms with van der Waals surface area (Å²) in [4.78, 5) is 43.8. The van der Waals surface area contributed by atoms with Crippen molar-refractivity contribution in [2.24, 2.45) is 5.73 Å². The second kappa shape index (κ2) is 11.3. The maximum atomic E-state index is 13.4. The van der Waals surface area contributed by atoms with Crippen LogP contribution in [0.5, 0.6) is 5.75 Å². The van der Waals surface area contributed by atoms with Crippen LogP contribution in [0.4, 0.5) is 0 Å². The Morgan fingerprint density at radius 3 is 2.52 bits per heavy atom. The van der Waals surface area contributed by atoms with Gasteiger partial charge in [-0.25, -0.2) is 4.57 Å². The van der Waals surface area contributed by atoms with E-state index in [2.05, 4.69) is 4.52 Å². The number of hydrogen-bond donors (Lipinski definition) is 4. The third kappa shape index (κ3) is 6.39. The van der Waals surface area contributed by atoms with Gasteiger partial charge in [0.25, 0.3) is 5.91 Å². The number of phosphoric acid groups is 1. The Bertz CT molecular complexity index is 1660. The number of aliphatic hydroxyl groups excluding tert-OH is 1. The Labute approximate surface area is 234 Å². The lowest BCUT2D eigenvalue weighted by molar-refractivity contribution is 0.0720. The number of ketones is 1. The molecule has 1 atom stereocenters. The molecule has 1 aliphatic carbocycles. The fraction of sp³-hybridized carbons (Fsp3) is 0.286. The van der Waals surface area contributed by atoms with Gasteiger partial charge in [-0.1, -0.05) is 29.8 Å². The minimum Gasteiger partial charge on any atom is -0.485 e. The number of halogens is 1. The molecule has 0 unspecified atom stereocenters. The van der Waals surface area contributed by atoms with Crippen LogP contribution in [-0.4, -0.2) is 50.5 Å². The molecule has 3 aromatic carbocycles. The zero-order chi connectivity index (χ0) is 28.6. The molecule has 0 saturated heterocycles. The Morgan fingerprint density at radius 2 is 1.85 bits per heavy atom. The van der Waals surface area contributed by atoms with Crippen LogP contribution in [0.3, 0.4) is 0 Å². The van der Waals surface area contributed by atoms with Crippen molar-refractivity contribution in [3.05, 3.63) is 76.4 Å². The quantitative estimate of drug-likeness (QED) is 0.139. The van der Waals surface area contributed by atoms with Crippen molar-refractivity contribution in [3.63, 3.8) is 0 Å². The van der Waals surface area contributed by atoms with Gasteiger partial charge in [-0.2, -0.15) is 0 Å². The van der Waals surface area contributed by atoms with Crippen molar-refractivity contribution >= 4 is 52.8 Å². The molecule has 4 aromatic rings. The van der Waals surface area contributed by atoms with Crippen molar-refractivity contribution in [3.8, 4) is 5.75 Å². The molecule has 1 fully saturated rings. The van der Waals surface area contributed by atoms with E-state index in [1.807, 2.05) is 22.8 Å². The fourth-order valence-corrected chi connectivity index (χ4v) is 5.56. The van der Waals surface area contributed by atoms with Crippen molar-refractivity contribution in [2.75, 3.05) is 13.2 Å². The third-order valence-corrected chi connectivity index (χ3v) is 7.77. The Morgan fingerprint density at radius 1 is 1.07 bits per heavy atom. The number of aryl methyl sites for hydroxylation is 1. The van der Waals surface area contributed by atoms with E-state index in [1.165, 1.54) is 0 Å². The summed E-state index contributed by atoms with van der Waals surface area (Å²) in [5, 5.41) is 12.2. The van der Waals surface area contributed by atoms with Crippen LogP contribution < -0.4 is 10.5 Å². The number of rotatable bonds is 12. The number of benzene rings is 3. The number of aromatic nitrogens is 1. The second-order valence-electron chi connectivity index (χ2n) is 9.89. The smallest absolute Gasteiger partial charge is 0.469 e. The largest absolute Gasteiger partial charge is 0.485 e. The lowest BCUT2D eigenvalue weighted by Crippen LogP contribution is -2.19. The number of carbonyl (C=O) groups excluding carboxylic acids is 2. The van der Waals surface area contributed by atoms with E-state index in [4.69, 9.17) is 31.9 Å². The van der Waals surface area contributed by atoms with Gasteiger partial charge in [-0.15, -0.1) is 0 Å². The number of fused-ring (bicyclic) bond motifs is 2. The highest BCUT2D eigenvalue weighted by molar-refractivity contribution is 7.46. The number of nitrogens with two attached hydrogens (primary N) is 1. The van der Waals surface area contributed by atoms with E-state index < -0.39 is 26.4 Å². The first-order valence-corrected chi connectivity index (χ1v) is 14.6. The minimum atomic E-state index is -4.78. The molecule has 5 rings (SSSR count). The summed E-state index contributed by atoms with van der Waals surface area (Å²) in [7, 11) is -4.78. The normalized spacial score (nSPS) is 14.5. The molecular formula is C28H28ClN2O8P. The number of Topliss-reactive ketones (excluding diaryl/α,β-unsaturated/α-hetero) is 1. The standard InChI is InChI=1S/C28H28ClN2O8P/c29-20-5-3-18-12-27(23(28(30)34)10-19(18)9-20)38-15-26(33)24-13-31(8-7-21(14-32)39-40(35,36)37)25-11-17(16-1-2-16)4-6-22(24)25/h3-6,9-13,16,21,32H,1-2,7-8,14-15H2,(H2,30,34)(H2,35,36,37)/t21-/m1/s1. The SMILES string of the molecule is NC(=O)c1cc2cc(Cl)ccc2cc1OCC(=O)c1cn(CC[C@H](CO)OP(=O)(O)O)c2cc(C3CC3)ccc12. The lowest BCUT2D eigenvalue weighted by Gasteiger charge is -2.16. The molecule has 1 aromatic heterocycles. The first kappa shape index (κ1) is 28.3. The van der Waals surface area contributed by atoms with Crippen LogP contribution in [0.2, 0.25) is 5.02 Å². The van der Waals surface area contributed by atoms with Crippen LogP contribution in [0.25, 0.3) is 21.7 Å². The average Bonchev–Trinajstić information content (AvgIpc) is 3.69. The van der Waals surface area contributed by atoms with Gasteiger partial charge in [-0.05, 0) is 71.8 Å². The number of amides is 1. The van der Waals surface area contributed by atoms with Gasteiger partial charge < -0.3 is 29.9 Å². The fourth-order valence-electron chi connectivity index (χ4n) is 4.82. The number of carbonyl (C=O) groups is 2. The van der Waals surface area contributed by atoms with Crippen molar-refractivity contribution in [1.82, 2.24) is 4.57 Å². The first-order chi connectivity index (χ1) is 19.0. The summed E-state index contributed by atoms with van der Waals surface area (Å²) < 4.78 is 23.6. The Hall–Kier alpha value is -3.24. The zero-order valence-electron chi connectivity index (χ0n) is 21.3. The molecule has 0 aliphatic heterocycles. The predicted molar refractivity (Wildman–Crippen MR) is 150 cm³/mol. The van der Waals surface area contributed by atoms with E-state index in [0.717, 1.165) is 29.3 Å². The third-order valence-electron chi connectivity index (χ3n) is 6.96. The van der Waals surface area contributed by atoms with E-state index in [-0.39, 0.29) is 36.7 Å². The van der Waals surface area contributed by atoms with E-state index in [1.54, 1.807) is 36.5 Å². The predicted octanol–water partition coefficient (Wildman–Crippen LogP) is 4.55. The monoisotopic (exact) mass is 586 g/mol. The number of primary amides is 1. The first-order valence-electron chi connectivity index (χ1n) is 12.7. The lowest BCUT2D eigenvalue weighted by atomic mass is 10.0. The highest BCUT2D eigenvalue weighted by Crippen LogP contribution is 2.42. The number of ether oxygens (including phenoxy) is 1. The van der Waals surface area contributed by atoms with Gasteiger partial charge in [0.05, 0.1) is 18.3 Å². The van der Waals surface area contributed by atoms with Gasteiger partial charge in [0, 0.05) is 34.2 Å². The Kier molecular flexibility index (Phi) is 8.01. The molecule has 12 heteroatoms. The van der Waals surface area contributed by atoms with Crippen molar-refractivity contribution < 1.29 is 38.3 Å². The molecule has 0 bridgehead atoms. The molecule has 1 saturated carbocycles. The molecule has 0 spiro atoms. The van der Waals surface area contributed by atoms with Gasteiger partial charge in [0.15, 0.2) is 6.61 Å². The topological polar surface area (TPSA) is 161 Å². The average molecular weight is 587 g/mol. The van der Waals surface area contributed by atoms with Crippen LogP contribution in [0, 0.1) is 0 Å². The molecule has 40 heavy (non-hydrogen) atoms. The van der Waals surface area contributed by atoms with Gasteiger partial charge in [0.1, 0.15) is 5.75 Å². The van der Waals surface area contributed by atoms with Crippen LogP contribution >= 0.6 is 19.4 Å². The summed E-state index contributed by atoms with van der Waals surface area (Å²) in [6.07, 6.45) is 2.87. The molecule has 1 amide bonds. The highest BCUT2D eigenvalue weighted by atomic mass is 35.5. The van der Waals surface area contributed by atoms with Gasteiger partial charge >= 0.3 is 7.82 Å². The maximum absolute atomic E-state index is 13.4. The molecule has 0 radical (unpaired) electrons. The zero-order valence-corrected chi connectivity index (χ0v) is 23.0. The highest BCUT2D eigenvalue weighted by Gasteiger charge is 2.26. The molecule has 1 heterocycles. The summed E-state index contributed by atoms with van der Waals surface area (Å²) in [6.45, 7) is -0.691. The molecular weight excluding hydrogens is 559 g/mol. The van der Waals surface area contributed by atoms with Gasteiger partial charge in [0.2, 0.25) is 5.78 Å². The molecule has 5 N–H and O–H groups in total. The maximum Gasteiger partial charge on any atom is 0.469 e. The number of hydrogen-bond acceptors (Lipinski definition) is 6. The number of nitrogens with zero attached hydrogens (tertiary/aromatic N) is 1. The summed E-state index contributed by atoms with van der Waals surface area (Å²) in [5.74, 6) is -0.395. The van der Waals surface area contributed by atoms with E-state index >= 15 is 0 Å². The number of aliphatic hydroxyl groups is 1. The van der Waals surface area contributed by atoms with Crippen molar-refractivity contribution in [1.29, 1.82) is 0 Å². The van der Waals surface area contributed by atoms with Crippen LogP contribution in [0.15, 0.2) is 54.7 Å². The Balaban J connectivity index is 1.42. The van der Waals surface area contributed by atoms with Gasteiger partial charge in [-0.3, -0.25) is 14.1 Å². The minimum absolute atomic E-state index is 0.103. The van der Waals surface area contributed by atoms with E-state index in [0.29, 0.717) is 27.3 Å². The summed E-state index contributed by atoms with van der Waals surface area (Å²) >= 11 is 6.07. The van der Waals surface area contributed by atoms with Crippen LogP contribution in [-0.2, 0) is 15.6 Å². The molecule has 1 aliphatic rings. The van der Waals surface area contributed by atoms with Crippen LogP contribution in [0.1, 0.15) is 51.5 Å². The summed E-state index contributed by atoms with van der Waals surface area (Å²) in [5.41, 5.74) is 8.01. The van der Waals surface area contributed by atoms with E-state index in [9.17, 15) is 19.3 Å². The second-order valence-corrected chi connectivity index (χ2v) is 11.5.